The van der Waals surface area contributed by atoms with Gasteiger partial charge in [0.2, 0.25) is 5.91 Å². The zero-order chi connectivity index (χ0) is 16.0. The van der Waals surface area contributed by atoms with Crippen LogP contribution in [-0.4, -0.2) is 43.2 Å². The van der Waals surface area contributed by atoms with Crippen LogP contribution in [0, 0.1) is 11.8 Å². The molecule has 1 amide bonds. The molecule has 6 heteroatoms. The maximum absolute atomic E-state index is 12.8. The highest BCUT2D eigenvalue weighted by molar-refractivity contribution is 5.85. The molecule has 0 spiro atoms. The molecule has 0 bridgehead atoms. The number of nitrogens with two attached hydrogens (primary N) is 1. The van der Waals surface area contributed by atoms with Gasteiger partial charge in [-0.15, -0.1) is 12.4 Å². The third-order valence-electron chi connectivity index (χ3n) is 5.38. The summed E-state index contributed by atoms with van der Waals surface area (Å²) in [7, 11) is 0. The number of halogens is 1. The van der Waals surface area contributed by atoms with Crippen molar-refractivity contribution in [2.24, 2.45) is 17.6 Å². The van der Waals surface area contributed by atoms with Crippen molar-refractivity contribution >= 4 is 18.3 Å². The van der Waals surface area contributed by atoms with Gasteiger partial charge in [0.25, 0.3) is 0 Å². The zero-order valence-electron chi connectivity index (χ0n) is 13.9. The van der Waals surface area contributed by atoms with E-state index in [4.69, 9.17) is 15.2 Å². The minimum Gasteiger partial charge on any atom is -0.486 e. The molecule has 2 aliphatic heterocycles. The topological polar surface area (TPSA) is 64.8 Å². The van der Waals surface area contributed by atoms with Crippen LogP contribution < -0.4 is 15.2 Å². The lowest BCUT2D eigenvalue weighted by molar-refractivity contribution is -0.133. The number of amides is 1. The van der Waals surface area contributed by atoms with E-state index < -0.39 is 0 Å². The van der Waals surface area contributed by atoms with Gasteiger partial charge in [-0.25, -0.2) is 0 Å². The summed E-state index contributed by atoms with van der Waals surface area (Å²) in [6.45, 7) is 4.82. The lowest BCUT2D eigenvalue weighted by Gasteiger charge is -2.22. The summed E-state index contributed by atoms with van der Waals surface area (Å²) in [5.41, 5.74) is 6.96. The molecule has 1 aliphatic carbocycles. The lowest BCUT2D eigenvalue weighted by atomic mass is 10.1. The molecule has 1 aromatic rings. The van der Waals surface area contributed by atoms with Gasteiger partial charge in [-0.3, -0.25) is 4.79 Å². The lowest BCUT2D eigenvalue weighted by Crippen LogP contribution is -2.35. The van der Waals surface area contributed by atoms with E-state index in [0.717, 1.165) is 30.9 Å². The Balaban J connectivity index is 0.00000169. The highest BCUT2D eigenvalue weighted by Gasteiger charge is 2.48. The van der Waals surface area contributed by atoms with E-state index in [9.17, 15) is 4.79 Å². The molecule has 0 aromatic heterocycles. The van der Waals surface area contributed by atoms with Crippen molar-refractivity contribution < 1.29 is 14.3 Å². The fourth-order valence-corrected chi connectivity index (χ4v) is 3.96. The van der Waals surface area contributed by atoms with Crippen molar-refractivity contribution in [3.8, 4) is 11.5 Å². The van der Waals surface area contributed by atoms with Gasteiger partial charge < -0.3 is 20.1 Å². The molecule has 1 saturated heterocycles. The fourth-order valence-electron chi connectivity index (χ4n) is 3.96. The smallest absolute Gasteiger partial charge is 0.226 e. The zero-order valence-corrected chi connectivity index (χ0v) is 14.8. The van der Waals surface area contributed by atoms with Gasteiger partial charge in [0.05, 0.1) is 0 Å². The number of hydrogen-bond donors (Lipinski definition) is 1. The summed E-state index contributed by atoms with van der Waals surface area (Å²) in [5.74, 6) is 2.82. The van der Waals surface area contributed by atoms with E-state index in [1.165, 1.54) is 5.56 Å². The van der Waals surface area contributed by atoms with Crippen LogP contribution in [0.2, 0.25) is 0 Å². The Labute approximate surface area is 148 Å². The Morgan fingerprint density at radius 2 is 2.00 bits per heavy atom. The molecule has 24 heavy (non-hydrogen) atoms. The predicted octanol–water partition coefficient (Wildman–Crippen LogP) is 2.18. The Kier molecular flexibility index (Phi) is 4.92. The van der Waals surface area contributed by atoms with E-state index in [1.54, 1.807) is 0 Å². The number of nitrogens with zero attached hydrogens (tertiary/aromatic N) is 1. The number of benzene rings is 1. The maximum atomic E-state index is 12.8. The molecule has 5 nitrogen and oxygen atoms in total. The second-order valence-electron chi connectivity index (χ2n) is 7.03. The average molecular weight is 353 g/mol. The summed E-state index contributed by atoms with van der Waals surface area (Å²) in [6, 6.07) is 6.40. The van der Waals surface area contributed by atoms with Crippen LogP contribution in [0.25, 0.3) is 0 Å². The molecule has 4 unspecified atom stereocenters. The van der Waals surface area contributed by atoms with Crippen LogP contribution in [0.15, 0.2) is 18.2 Å². The normalized spacial score (nSPS) is 30.7. The van der Waals surface area contributed by atoms with Crippen LogP contribution >= 0.6 is 12.4 Å². The maximum Gasteiger partial charge on any atom is 0.226 e. The fraction of sp³-hybridized carbons (Fsp3) is 0.611. The number of rotatable bonds is 3. The molecule has 0 radical (unpaired) electrons. The summed E-state index contributed by atoms with van der Waals surface area (Å²) in [4.78, 5) is 14.8. The van der Waals surface area contributed by atoms with Crippen LogP contribution in [0.5, 0.6) is 11.5 Å². The average Bonchev–Trinajstić information content (AvgIpc) is 3.29. The molecule has 2 N–H and O–H groups in total. The van der Waals surface area contributed by atoms with E-state index in [1.807, 2.05) is 17.0 Å². The Hall–Kier alpha value is -1.46. The molecule has 4 rings (SSSR count). The molecule has 1 saturated carbocycles. The number of fused-ring (bicyclic) bond motifs is 1. The summed E-state index contributed by atoms with van der Waals surface area (Å²) in [6.07, 6.45) is 1.97. The molecule has 3 aliphatic rings. The Morgan fingerprint density at radius 1 is 1.25 bits per heavy atom. The van der Waals surface area contributed by atoms with E-state index >= 15 is 0 Å². The third-order valence-corrected chi connectivity index (χ3v) is 5.38. The predicted molar refractivity (Wildman–Crippen MR) is 93.9 cm³/mol. The first-order valence-corrected chi connectivity index (χ1v) is 8.57. The molecule has 4 atom stereocenters. The van der Waals surface area contributed by atoms with E-state index in [2.05, 4.69) is 13.0 Å². The largest absolute Gasteiger partial charge is 0.486 e. The molecule has 2 fully saturated rings. The number of ether oxygens (including phenoxy) is 2. The van der Waals surface area contributed by atoms with Crippen molar-refractivity contribution in [1.29, 1.82) is 0 Å². The van der Waals surface area contributed by atoms with Crippen molar-refractivity contribution in [2.45, 2.75) is 31.7 Å². The van der Waals surface area contributed by atoms with Gasteiger partial charge in [-0.1, -0.05) is 6.07 Å². The van der Waals surface area contributed by atoms with Gasteiger partial charge in [0.1, 0.15) is 13.2 Å². The van der Waals surface area contributed by atoms with Crippen molar-refractivity contribution in [3.05, 3.63) is 23.8 Å². The minimum atomic E-state index is 0. The van der Waals surface area contributed by atoms with Gasteiger partial charge in [0.15, 0.2) is 11.5 Å². The van der Waals surface area contributed by atoms with E-state index in [0.29, 0.717) is 43.5 Å². The van der Waals surface area contributed by atoms with Crippen molar-refractivity contribution in [1.82, 2.24) is 4.90 Å². The Morgan fingerprint density at radius 3 is 2.71 bits per heavy atom. The standard InChI is InChI=1S/C18H24N2O3.ClH/c1-11-6-12(9-19)10-20(11)18(21)15-8-14(15)13-2-3-16-17(7-13)23-5-4-22-16;/h2-3,7,11-12,14-15H,4-6,8-10,19H2,1H3;1H. The highest BCUT2D eigenvalue weighted by atomic mass is 35.5. The molecular weight excluding hydrogens is 328 g/mol. The minimum absolute atomic E-state index is 0. The van der Waals surface area contributed by atoms with Gasteiger partial charge >= 0.3 is 0 Å². The van der Waals surface area contributed by atoms with Crippen molar-refractivity contribution in [3.63, 3.8) is 0 Å². The first kappa shape index (κ1) is 17.4. The Bertz CT molecular complexity index is 624. The molecule has 2 heterocycles. The number of likely N-dealkylation sites (tertiary alicyclic amines) is 1. The number of carbonyl (C=O) groups is 1. The van der Waals surface area contributed by atoms with Gasteiger partial charge in [-0.05, 0) is 55.8 Å². The van der Waals surface area contributed by atoms with E-state index in [-0.39, 0.29) is 18.3 Å². The SMILES string of the molecule is CC1CC(CN)CN1C(=O)C1CC1c1ccc2c(c1)OCCO2.Cl. The van der Waals surface area contributed by atoms with Gasteiger partial charge in [-0.2, -0.15) is 0 Å². The van der Waals surface area contributed by atoms with Crippen LogP contribution in [0.1, 0.15) is 31.2 Å². The summed E-state index contributed by atoms with van der Waals surface area (Å²) >= 11 is 0. The summed E-state index contributed by atoms with van der Waals surface area (Å²) in [5, 5.41) is 0. The first-order chi connectivity index (χ1) is 11.2. The third kappa shape index (κ3) is 3.07. The van der Waals surface area contributed by atoms with Crippen LogP contribution in [0.3, 0.4) is 0 Å². The van der Waals surface area contributed by atoms with Gasteiger partial charge in [0, 0.05) is 18.5 Å². The monoisotopic (exact) mass is 352 g/mol. The van der Waals surface area contributed by atoms with Crippen LogP contribution in [-0.2, 0) is 4.79 Å². The second kappa shape index (κ2) is 6.81. The number of hydrogen-bond acceptors (Lipinski definition) is 4. The molecule has 132 valence electrons. The molecular formula is C18H25ClN2O3. The molecule has 1 aromatic carbocycles. The van der Waals surface area contributed by atoms with Crippen molar-refractivity contribution in [2.75, 3.05) is 26.3 Å². The summed E-state index contributed by atoms with van der Waals surface area (Å²) < 4.78 is 11.2. The highest BCUT2D eigenvalue weighted by Crippen LogP contribution is 2.50. The second-order valence-corrected chi connectivity index (χ2v) is 7.03. The number of carbonyl (C=O) groups excluding carboxylic acids is 1. The quantitative estimate of drug-likeness (QED) is 0.905. The van der Waals surface area contributed by atoms with Crippen LogP contribution in [0.4, 0.5) is 0 Å². The first-order valence-electron chi connectivity index (χ1n) is 8.57.